The molecular formula is C16H23NO3. The van der Waals surface area contributed by atoms with Gasteiger partial charge in [0.2, 0.25) is 5.91 Å². The lowest BCUT2D eigenvalue weighted by molar-refractivity contribution is -0.131. The molecule has 0 radical (unpaired) electrons. The van der Waals surface area contributed by atoms with Gasteiger partial charge in [0.25, 0.3) is 0 Å². The van der Waals surface area contributed by atoms with Crippen molar-refractivity contribution in [2.45, 2.75) is 31.8 Å². The first kappa shape index (κ1) is 14.9. The van der Waals surface area contributed by atoms with Crippen LogP contribution in [0.2, 0.25) is 0 Å². The Hall–Kier alpha value is -1.55. The molecule has 0 aromatic heterocycles. The van der Waals surface area contributed by atoms with Gasteiger partial charge in [-0.2, -0.15) is 0 Å². The third kappa shape index (κ3) is 3.97. The Morgan fingerprint density at radius 3 is 2.85 bits per heavy atom. The van der Waals surface area contributed by atoms with Crippen LogP contribution in [0.4, 0.5) is 0 Å². The Bertz CT molecular complexity index is 455. The molecule has 0 unspecified atom stereocenters. The van der Waals surface area contributed by atoms with Crippen LogP contribution in [0, 0.1) is 5.92 Å². The van der Waals surface area contributed by atoms with E-state index in [1.165, 1.54) is 0 Å². The van der Waals surface area contributed by atoms with Crippen molar-refractivity contribution in [3.05, 3.63) is 29.8 Å². The molecule has 1 aromatic rings. The van der Waals surface area contributed by atoms with Crippen LogP contribution < -0.4 is 4.74 Å². The highest BCUT2D eigenvalue weighted by Crippen LogP contribution is 2.27. The van der Waals surface area contributed by atoms with Crippen LogP contribution in [0.5, 0.6) is 5.75 Å². The van der Waals surface area contributed by atoms with Crippen molar-refractivity contribution in [1.29, 1.82) is 0 Å². The molecule has 2 rings (SSSR count). The molecule has 4 nitrogen and oxygen atoms in total. The number of nitrogens with zero attached hydrogens (tertiary/aromatic N) is 1. The Morgan fingerprint density at radius 2 is 2.20 bits per heavy atom. The van der Waals surface area contributed by atoms with Crippen LogP contribution in [0.3, 0.4) is 0 Å². The number of amides is 1. The Morgan fingerprint density at radius 1 is 1.45 bits per heavy atom. The van der Waals surface area contributed by atoms with E-state index in [0.717, 1.165) is 37.1 Å². The summed E-state index contributed by atoms with van der Waals surface area (Å²) in [6.07, 6.45) is 2.74. The first-order chi connectivity index (χ1) is 9.58. The van der Waals surface area contributed by atoms with Gasteiger partial charge < -0.3 is 14.7 Å². The normalized spacial score (nSPS) is 21.1. The van der Waals surface area contributed by atoms with Crippen LogP contribution in [-0.2, 0) is 11.2 Å². The average Bonchev–Trinajstić information content (AvgIpc) is 2.43. The van der Waals surface area contributed by atoms with Gasteiger partial charge in [-0.3, -0.25) is 4.79 Å². The number of carbonyl (C=O) groups excluding carboxylic acids is 1. The van der Waals surface area contributed by atoms with E-state index in [4.69, 9.17) is 4.74 Å². The second-order valence-corrected chi connectivity index (χ2v) is 5.62. The van der Waals surface area contributed by atoms with Gasteiger partial charge in [-0.15, -0.1) is 0 Å². The lowest BCUT2D eigenvalue weighted by atomic mass is 9.82. The molecule has 110 valence electrons. The fourth-order valence-electron chi connectivity index (χ4n) is 2.61. The summed E-state index contributed by atoms with van der Waals surface area (Å²) in [6, 6.07) is 7.82. The second-order valence-electron chi connectivity index (χ2n) is 5.62. The molecule has 0 spiro atoms. The fourth-order valence-corrected chi connectivity index (χ4v) is 2.61. The average molecular weight is 277 g/mol. The molecule has 0 aliphatic heterocycles. The molecule has 0 heterocycles. The highest BCUT2D eigenvalue weighted by Gasteiger charge is 2.28. The van der Waals surface area contributed by atoms with E-state index < -0.39 is 0 Å². The van der Waals surface area contributed by atoms with Crippen LogP contribution in [0.25, 0.3) is 0 Å². The molecule has 1 aliphatic rings. The van der Waals surface area contributed by atoms with E-state index in [2.05, 4.69) is 0 Å². The molecule has 1 aromatic carbocycles. The molecular weight excluding hydrogens is 254 g/mol. The van der Waals surface area contributed by atoms with Gasteiger partial charge in [-0.25, -0.2) is 0 Å². The predicted molar refractivity (Wildman–Crippen MR) is 77.7 cm³/mol. The van der Waals surface area contributed by atoms with E-state index >= 15 is 0 Å². The van der Waals surface area contributed by atoms with Crippen LogP contribution in [0.15, 0.2) is 24.3 Å². The fraction of sp³-hybridized carbons (Fsp3) is 0.562. The first-order valence-corrected chi connectivity index (χ1v) is 7.13. The topological polar surface area (TPSA) is 49.8 Å². The smallest absolute Gasteiger partial charge is 0.222 e. The van der Waals surface area contributed by atoms with E-state index in [1.54, 1.807) is 12.0 Å². The summed E-state index contributed by atoms with van der Waals surface area (Å²) in [4.78, 5) is 13.8. The van der Waals surface area contributed by atoms with Crippen molar-refractivity contribution in [2.24, 2.45) is 5.92 Å². The van der Waals surface area contributed by atoms with Crippen molar-refractivity contribution in [2.75, 3.05) is 20.7 Å². The number of aliphatic hydroxyl groups excluding tert-OH is 1. The van der Waals surface area contributed by atoms with Crippen LogP contribution in [0.1, 0.15) is 24.8 Å². The summed E-state index contributed by atoms with van der Waals surface area (Å²) >= 11 is 0. The highest BCUT2D eigenvalue weighted by atomic mass is 16.5. The van der Waals surface area contributed by atoms with Gasteiger partial charge >= 0.3 is 0 Å². The molecule has 4 heteroatoms. The lowest BCUT2D eigenvalue weighted by Crippen LogP contribution is -2.39. The van der Waals surface area contributed by atoms with Gasteiger partial charge in [0.1, 0.15) is 5.75 Å². The standard InChI is InChI=1S/C16H23NO3/c1-17(11-13-8-14(18)9-13)16(19)7-6-12-4-3-5-15(10-12)20-2/h3-5,10,13-14,18H,6-9,11H2,1-2H3. The zero-order valence-corrected chi connectivity index (χ0v) is 12.2. The van der Waals surface area contributed by atoms with Crippen molar-refractivity contribution >= 4 is 5.91 Å². The van der Waals surface area contributed by atoms with E-state index in [-0.39, 0.29) is 12.0 Å². The molecule has 0 bridgehead atoms. The van der Waals surface area contributed by atoms with Crippen LogP contribution in [-0.4, -0.2) is 42.7 Å². The van der Waals surface area contributed by atoms with E-state index in [1.807, 2.05) is 31.3 Å². The number of hydrogen-bond acceptors (Lipinski definition) is 3. The number of methoxy groups -OCH3 is 1. The monoisotopic (exact) mass is 277 g/mol. The SMILES string of the molecule is COc1cccc(CCC(=O)N(C)CC2CC(O)C2)c1. The maximum atomic E-state index is 12.1. The number of ether oxygens (including phenoxy) is 1. The molecule has 1 aliphatic carbocycles. The summed E-state index contributed by atoms with van der Waals surface area (Å²) in [6.45, 7) is 0.758. The van der Waals surface area contributed by atoms with Crippen LogP contribution >= 0.6 is 0 Å². The maximum absolute atomic E-state index is 12.1. The summed E-state index contributed by atoms with van der Waals surface area (Å²) in [5.41, 5.74) is 1.12. The van der Waals surface area contributed by atoms with Crippen molar-refractivity contribution in [3.8, 4) is 5.75 Å². The Kier molecular flexibility index (Phi) is 5.01. The minimum Gasteiger partial charge on any atom is -0.497 e. The number of hydrogen-bond donors (Lipinski definition) is 1. The second kappa shape index (κ2) is 6.75. The zero-order chi connectivity index (χ0) is 14.5. The molecule has 0 saturated heterocycles. The van der Waals surface area contributed by atoms with Gasteiger partial charge in [0.15, 0.2) is 0 Å². The highest BCUT2D eigenvalue weighted by molar-refractivity contribution is 5.76. The van der Waals surface area contributed by atoms with Crippen molar-refractivity contribution in [1.82, 2.24) is 4.90 Å². The lowest BCUT2D eigenvalue weighted by Gasteiger charge is -2.34. The summed E-state index contributed by atoms with van der Waals surface area (Å²) in [7, 11) is 3.49. The Balaban J connectivity index is 1.76. The third-order valence-corrected chi connectivity index (χ3v) is 3.93. The van der Waals surface area contributed by atoms with Gasteiger partial charge in [-0.1, -0.05) is 12.1 Å². The number of rotatable bonds is 6. The van der Waals surface area contributed by atoms with E-state index in [0.29, 0.717) is 12.3 Å². The first-order valence-electron chi connectivity index (χ1n) is 7.13. The zero-order valence-electron chi connectivity index (χ0n) is 12.2. The number of aliphatic hydroxyl groups is 1. The minimum atomic E-state index is -0.153. The van der Waals surface area contributed by atoms with E-state index in [9.17, 15) is 9.90 Å². The van der Waals surface area contributed by atoms with Gasteiger partial charge in [0, 0.05) is 20.0 Å². The minimum absolute atomic E-state index is 0.153. The molecule has 1 N–H and O–H groups in total. The van der Waals surface area contributed by atoms with Gasteiger partial charge in [-0.05, 0) is 42.9 Å². The largest absolute Gasteiger partial charge is 0.497 e. The number of benzene rings is 1. The predicted octanol–water partition coefficient (Wildman–Crippen LogP) is 1.86. The summed E-state index contributed by atoms with van der Waals surface area (Å²) in [5, 5.41) is 9.26. The molecule has 0 atom stereocenters. The molecule has 1 amide bonds. The quantitative estimate of drug-likeness (QED) is 0.863. The summed E-state index contributed by atoms with van der Waals surface area (Å²) in [5.74, 6) is 1.46. The van der Waals surface area contributed by atoms with Crippen molar-refractivity contribution in [3.63, 3.8) is 0 Å². The maximum Gasteiger partial charge on any atom is 0.222 e. The molecule has 20 heavy (non-hydrogen) atoms. The number of aryl methyl sites for hydroxylation is 1. The summed E-state index contributed by atoms with van der Waals surface area (Å²) < 4.78 is 5.17. The van der Waals surface area contributed by atoms with Gasteiger partial charge in [0.05, 0.1) is 13.2 Å². The Labute approximate surface area is 120 Å². The van der Waals surface area contributed by atoms with Crippen molar-refractivity contribution < 1.29 is 14.6 Å². The molecule has 1 saturated carbocycles. The molecule has 1 fully saturated rings. The third-order valence-electron chi connectivity index (χ3n) is 3.93. The number of carbonyl (C=O) groups is 1.